The Kier molecular flexibility index (Phi) is 4.88. The number of hydrogen-bond acceptors (Lipinski definition) is 6. The van der Waals surface area contributed by atoms with Gasteiger partial charge in [0.05, 0.1) is 14.2 Å². The third kappa shape index (κ3) is 3.83. The Bertz CT molecular complexity index is 907. The summed E-state index contributed by atoms with van der Waals surface area (Å²) in [5.41, 5.74) is 3.34. The summed E-state index contributed by atoms with van der Waals surface area (Å²) in [4.78, 5) is 12.5. The van der Waals surface area contributed by atoms with Crippen LogP contribution in [0.4, 0.5) is 6.01 Å². The van der Waals surface area contributed by atoms with Gasteiger partial charge in [0, 0.05) is 17.2 Å². The van der Waals surface area contributed by atoms with Gasteiger partial charge in [-0.25, -0.2) is 0 Å². The fourth-order valence-corrected chi connectivity index (χ4v) is 2.60. The summed E-state index contributed by atoms with van der Waals surface area (Å²) in [5, 5.41) is 10.5. The van der Waals surface area contributed by atoms with Crippen LogP contribution in [-0.4, -0.2) is 30.3 Å². The van der Waals surface area contributed by atoms with Crippen molar-refractivity contribution in [2.24, 2.45) is 0 Å². The van der Waals surface area contributed by atoms with Gasteiger partial charge in [-0.05, 0) is 38.1 Å². The minimum absolute atomic E-state index is 0.0194. The zero-order valence-electron chi connectivity index (χ0n) is 15.0. The summed E-state index contributed by atoms with van der Waals surface area (Å²) in [6.45, 7) is 3.98. The molecule has 0 bridgehead atoms. The number of carbonyl (C=O) groups is 1. The van der Waals surface area contributed by atoms with E-state index in [0.29, 0.717) is 23.0 Å². The third-order valence-corrected chi connectivity index (χ3v) is 3.73. The smallest absolute Gasteiger partial charge is 0.322 e. The molecule has 1 aromatic heterocycles. The summed E-state index contributed by atoms with van der Waals surface area (Å²) in [7, 11) is 3.04. The van der Waals surface area contributed by atoms with Gasteiger partial charge in [0.25, 0.3) is 5.91 Å². The number of nitrogens with zero attached hydrogens (tertiary/aromatic N) is 2. The number of amides is 1. The van der Waals surface area contributed by atoms with Gasteiger partial charge in [0.15, 0.2) is 0 Å². The fraction of sp³-hybridized carbons (Fsp3) is 0.211. The number of nitrogens with one attached hydrogen (secondary N) is 1. The minimum atomic E-state index is -0.405. The third-order valence-electron chi connectivity index (χ3n) is 3.73. The van der Waals surface area contributed by atoms with E-state index in [0.717, 1.165) is 16.7 Å². The second kappa shape index (κ2) is 7.26. The van der Waals surface area contributed by atoms with Gasteiger partial charge in [0.1, 0.15) is 11.5 Å². The number of aromatic nitrogens is 2. The van der Waals surface area contributed by atoms with Crippen molar-refractivity contribution < 1.29 is 18.7 Å². The van der Waals surface area contributed by atoms with Gasteiger partial charge in [0.2, 0.25) is 5.89 Å². The molecule has 0 aliphatic heterocycles. The minimum Gasteiger partial charge on any atom is -0.497 e. The highest BCUT2D eigenvalue weighted by atomic mass is 16.5. The first-order valence-electron chi connectivity index (χ1n) is 7.95. The van der Waals surface area contributed by atoms with Crippen LogP contribution in [0.3, 0.4) is 0 Å². The van der Waals surface area contributed by atoms with Gasteiger partial charge >= 0.3 is 6.01 Å². The Labute approximate surface area is 151 Å². The van der Waals surface area contributed by atoms with Crippen molar-refractivity contribution in [1.29, 1.82) is 0 Å². The van der Waals surface area contributed by atoms with Crippen molar-refractivity contribution in [3.05, 3.63) is 53.1 Å². The van der Waals surface area contributed by atoms with Crippen LogP contribution in [-0.2, 0) is 0 Å². The molecule has 0 aliphatic rings. The van der Waals surface area contributed by atoms with Crippen molar-refractivity contribution in [2.75, 3.05) is 19.5 Å². The molecular weight excluding hydrogens is 334 g/mol. The topological polar surface area (TPSA) is 86.5 Å². The highest BCUT2D eigenvalue weighted by Crippen LogP contribution is 2.25. The van der Waals surface area contributed by atoms with E-state index in [-0.39, 0.29) is 6.01 Å². The molecule has 0 radical (unpaired) electrons. The number of ether oxygens (including phenoxy) is 2. The molecule has 7 heteroatoms. The van der Waals surface area contributed by atoms with E-state index in [4.69, 9.17) is 13.9 Å². The highest BCUT2D eigenvalue weighted by molar-refractivity contribution is 6.03. The Balaban J connectivity index is 1.82. The normalized spacial score (nSPS) is 10.5. The average molecular weight is 353 g/mol. The number of carbonyl (C=O) groups excluding carboxylic acids is 1. The molecule has 0 fully saturated rings. The van der Waals surface area contributed by atoms with Gasteiger partial charge in [-0.1, -0.05) is 22.3 Å². The maximum Gasteiger partial charge on any atom is 0.322 e. The monoisotopic (exact) mass is 353 g/mol. The molecule has 0 aliphatic carbocycles. The Hall–Kier alpha value is -3.35. The van der Waals surface area contributed by atoms with Crippen molar-refractivity contribution >= 4 is 11.9 Å². The van der Waals surface area contributed by atoms with Crippen LogP contribution < -0.4 is 14.8 Å². The van der Waals surface area contributed by atoms with Crippen LogP contribution >= 0.6 is 0 Å². The maximum atomic E-state index is 12.5. The second-order valence-corrected chi connectivity index (χ2v) is 5.84. The highest BCUT2D eigenvalue weighted by Gasteiger charge is 2.15. The van der Waals surface area contributed by atoms with E-state index < -0.39 is 5.91 Å². The van der Waals surface area contributed by atoms with Crippen LogP contribution in [0.5, 0.6) is 11.5 Å². The van der Waals surface area contributed by atoms with E-state index in [9.17, 15) is 4.79 Å². The molecule has 2 aromatic carbocycles. The van der Waals surface area contributed by atoms with Crippen LogP contribution in [0.15, 0.2) is 40.8 Å². The molecule has 1 amide bonds. The number of methoxy groups -OCH3 is 2. The molecule has 1 N–H and O–H groups in total. The predicted octanol–water partition coefficient (Wildman–Crippen LogP) is 3.62. The summed E-state index contributed by atoms with van der Waals surface area (Å²) in [6.07, 6.45) is 0. The molecule has 0 spiro atoms. The SMILES string of the molecule is COc1cc(OC)cc(C(=O)Nc2nnc(-c3cc(C)cc(C)c3)o2)c1. The van der Waals surface area contributed by atoms with Crippen molar-refractivity contribution in [3.63, 3.8) is 0 Å². The Morgan fingerprint density at radius 3 is 2.12 bits per heavy atom. The molecule has 0 unspecified atom stereocenters. The lowest BCUT2D eigenvalue weighted by molar-refractivity contribution is 0.102. The van der Waals surface area contributed by atoms with Gasteiger partial charge < -0.3 is 13.9 Å². The average Bonchev–Trinajstić information content (AvgIpc) is 3.09. The summed E-state index contributed by atoms with van der Waals surface area (Å²) >= 11 is 0. The molecule has 26 heavy (non-hydrogen) atoms. The van der Waals surface area contributed by atoms with Crippen molar-refractivity contribution in [2.45, 2.75) is 13.8 Å². The summed E-state index contributed by atoms with van der Waals surface area (Å²) in [5.74, 6) is 0.958. The molecule has 7 nitrogen and oxygen atoms in total. The fourth-order valence-electron chi connectivity index (χ4n) is 2.60. The van der Waals surface area contributed by atoms with Crippen LogP contribution in [0.25, 0.3) is 11.5 Å². The molecule has 1 heterocycles. The van der Waals surface area contributed by atoms with Crippen molar-refractivity contribution in [3.8, 4) is 23.0 Å². The molecule has 0 saturated heterocycles. The van der Waals surface area contributed by atoms with E-state index in [1.54, 1.807) is 18.2 Å². The number of hydrogen-bond donors (Lipinski definition) is 1. The molecule has 3 aromatic rings. The maximum absolute atomic E-state index is 12.5. The second-order valence-electron chi connectivity index (χ2n) is 5.84. The molecule has 0 atom stereocenters. The van der Waals surface area contributed by atoms with Gasteiger partial charge in [-0.3, -0.25) is 10.1 Å². The first-order valence-corrected chi connectivity index (χ1v) is 7.95. The molecular formula is C19H19N3O4. The zero-order chi connectivity index (χ0) is 18.7. The molecule has 134 valence electrons. The largest absolute Gasteiger partial charge is 0.497 e. The first-order chi connectivity index (χ1) is 12.5. The lowest BCUT2D eigenvalue weighted by Gasteiger charge is -2.07. The molecule has 3 rings (SSSR count). The van der Waals surface area contributed by atoms with Crippen molar-refractivity contribution in [1.82, 2.24) is 10.2 Å². The quantitative estimate of drug-likeness (QED) is 0.754. The standard InChI is InChI=1S/C19H19N3O4/c1-11-5-12(2)7-14(6-11)18-21-22-19(26-18)20-17(23)13-8-15(24-3)10-16(9-13)25-4/h5-10H,1-4H3,(H,20,22,23). The van der Waals surface area contributed by atoms with E-state index in [1.807, 2.05) is 26.0 Å². The first kappa shape index (κ1) is 17.5. The van der Waals surface area contributed by atoms with Crippen LogP contribution in [0.1, 0.15) is 21.5 Å². The lowest BCUT2D eigenvalue weighted by Crippen LogP contribution is -2.12. The van der Waals surface area contributed by atoms with Gasteiger partial charge in [-0.2, -0.15) is 0 Å². The van der Waals surface area contributed by atoms with Crippen LogP contribution in [0.2, 0.25) is 0 Å². The zero-order valence-corrected chi connectivity index (χ0v) is 15.0. The summed E-state index contributed by atoms with van der Waals surface area (Å²) < 4.78 is 15.9. The van der Waals surface area contributed by atoms with E-state index in [2.05, 4.69) is 21.6 Å². The number of anilines is 1. The van der Waals surface area contributed by atoms with E-state index >= 15 is 0 Å². The van der Waals surface area contributed by atoms with E-state index in [1.165, 1.54) is 14.2 Å². The Morgan fingerprint density at radius 2 is 1.54 bits per heavy atom. The lowest BCUT2D eigenvalue weighted by atomic mass is 10.1. The van der Waals surface area contributed by atoms with Gasteiger partial charge in [-0.15, -0.1) is 5.10 Å². The van der Waals surface area contributed by atoms with Crippen LogP contribution in [0, 0.1) is 13.8 Å². The number of benzene rings is 2. The number of rotatable bonds is 5. The Morgan fingerprint density at radius 1 is 0.923 bits per heavy atom. The summed E-state index contributed by atoms with van der Waals surface area (Å²) in [6, 6.07) is 10.8. The molecule has 0 saturated carbocycles. The number of aryl methyl sites for hydroxylation is 2. The predicted molar refractivity (Wildman–Crippen MR) is 96.7 cm³/mol.